The molecule has 9 heteroatoms. The van der Waals surface area contributed by atoms with E-state index in [0.29, 0.717) is 24.4 Å². The molecule has 1 amide bonds. The topological polar surface area (TPSA) is 57.7 Å². The molecule has 25 heavy (non-hydrogen) atoms. The summed E-state index contributed by atoms with van der Waals surface area (Å²) in [6, 6.07) is 3.11. The molecule has 0 spiro atoms. The number of hydrogen-bond acceptors (Lipinski definition) is 4. The van der Waals surface area contributed by atoms with Crippen LogP contribution >= 0.6 is 11.3 Å². The summed E-state index contributed by atoms with van der Waals surface area (Å²) < 4.78 is 52.1. The van der Waals surface area contributed by atoms with E-state index < -0.39 is 28.9 Å². The van der Waals surface area contributed by atoms with Gasteiger partial charge in [0.25, 0.3) is 16.4 Å². The molecule has 5 nitrogen and oxygen atoms in total. The Hall–Kier alpha value is -1.06. The summed E-state index contributed by atoms with van der Waals surface area (Å²) in [6.45, 7) is 2.55. The third-order valence-electron chi connectivity index (χ3n) is 4.08. The first-order valence-electron chi connectivity index (χ1n) is 8.49. The third kappa shape index (κ3) is 5.46. The Balaban J connectivity index is 2.06. The SMILES string of the molecule is CCCN(CC(F)F)C(=O)Cc1ccc(S(=O)(=O)N2CCCCC2)s1. The zero-order valence-electron chi connectivity index (χ0n) is 14.3. The number of sulfonamides is 1. The summed E-state index contributed by atoms with van der Waals surface area (Å²) in [5.41, 5.74) is 0. The Labute approximate surface area is 151 Å². The van der Waals surface area contributed by atoms with Gasteiger partial charge in [0.15, 0.2) is 0 Å². The van der Waals surface area contributed by atoms with Crippen molar-refractivity contribution >= 4 is 27.3 Å². The largest absolute Gasteiger partial charge is 0.337 e. The van der Waals surface area contributed by atoms with Gasteiger partial charge in [0.2, 0.25) is 5.91 Å². The highest BCUT2D eigenvalue weighted by Gasteiger charge is 2.28. The molecule has 0 aliphatic carbocycles. The fourth-order valence-corrected chi connectivity index (χ4v) is 5.86. The van der Waals surface area contributed by atoms with Gasteiger partial charge in [-0.3, -0.25) is 4.79 Å². The molecule has 0 aromatic carbocycles. The smallest absolute Gasteiger partial charge is 0.255 e. The van der Waals surface area contributed by atoms with E-state index in [1.807, 2.05) is 6.92 Å². The van der Waals surface area contributed by atoms with Crippen LogP contribution < -0.4 is 0 Å². The van der Waals surface area contributed by atoms with Gasteiger partial charge in [-0.05, 0) is 31.4 Å². The second-order valence-electron chi connectivity index (χ2n) is 6.09. The Morgan fingerprint density at radius 2 is 1.96 bits per heavy atom. The second kappa shape index (κ2) is 9.05. The maximum atomic E-state index is 12.6. The molecule has 1 fully saturated rings. The summed E-state index contributed by atoms with van der Waals surface area (Å²) >= 11 is 1.05. The van der Waals surface area contributed by atoms with Gasteiger partial charge in [0, 0.05) is 24.5 Å². The van der Waals surface area contributed by atoms with Gasteiger partial charge in [-0.2, -0.15) is 4.31 Å². The van der Waals surface area contributed by atoms with Crippen molar-refractivity contribution in [1.29, 1.82) is 0 Å². The van der Waals surface area contributed by atoms with E-state index in [9.17, 15) is 22.0 Å². The van der Waals surface area contributed by atoms with Crippen molar-refractivity contribution in [2.45, 2.75) is 49.7 Å². The van der Waals surface area contributed by atoms with E-state index in [4.69, 9.17) is 0 Å². The van der Waals surface area contributed by atoms with Crippen molar-refractivity contribution in [1.82, 2.24) is 9.21 Å². The lowest BCUT2D eigenvalue weighted by atomic mass is 10.2. The molecule has 1 aromatic heterocycles. The molecule has 0 N–H and O–H groups in total. The van der Waals surface area contributed by atoms with Crippen LogP contribution in [0.2, 0.25) is 0 Å². The Morgan fingerprint density at radius 3 is 2.56 bits per heavy atom. The van der Waals surface area contributed by atoms with E-state index in [-0.39, 0.29) is 17.2 Å². The first-order chi connectivity index (χ1) is 11.8. The Morgan fingerprint density at radius 1 is 1.28 bits per heavy atom. The number of alkyl halides is 2. The highest BCUT2D eigenvalue weighted by atomic mass is 32.2. The lowest BCUT2D eigenvalue weighted by Crippen LogP contribution is -2.36. The van der Waals surface area contributed by atoms with Crippen LogP contribution in [0.1, 0.15) is 37.5 Å². The molecule has 0 bridgehead atoms. The zero-order valence-corrected chi connectivity index (χ0v) is 15.9. The van der Waals surface area contributed by atoms with Crippen LogP contribution in [0.3, 0.4) is 0 Å². The molecule has 0 atom stereocenters. The minimum absolute atomic E-state index is 0.0487. The minimum Gasteiger partial charge on any atom is -0.337 e. The maximum Gasteiger partial charge on any atom is 0.255 e. The Kier molecular flexibility index (Phi) is 7.33. The van der Waals surface area contributed by atoms with Crippen LogP contribution in [0, 0.1) is 0 Å². The predicted molar refractivity (Wildman–Crippen MR) is 93.5 cm³/mol. The normalized spacial score (nSPS) is 16.3. The molecule has 1 saturated heterocycles. The fourth-order valence-electron chi connectivity index (χ4n) is 2.84. The van der Waals surface area contributed by atoms with Gasteiger partial charge in [-0.1, -0.05) is 13.3 Å². The summed E-state index contributed by atoms with van der Waals surface area (Å²) in [6.07, 6.45) is 0.720. The average Bonchev–Trinajstić information content (AvgIpc) is 3.04. The molecule has 1 aromatic rings. The second-order valence-corrected chi connectivity index (χ2v) is 9.43. The number of hydrogen-bond donors (Lipinski definition) is 0. The molecule has 142 valence electrons. The molecule has 0 unspecified atom stereocenters. The van der Waals surface area contributed by atoms with Crippen LogP contribution in [-0.4, -0.2) is 56.1 Å². The standard InChI is InChI=1S/C16H24F2N2O3S2/c1-2-8-19(12-14(17)18)15(21)11-13-6-7-16(24-13)25(22,23)20-9-4-3-5-10-20/h6-7,14H,2-5,8-12H2,1H3. The zero-order chi connectivity index (χ0) is 18.4. The molecular formula is C16H24F2N2O3S2. The van der Waals surface area contributed by atoms with Crippen molar-refractivity contribution in [3.05, 3.63) is 17.0 Å². The van der Waals surface area contributed by atoms with Crippen molar-refractivity contribution in [2.75, 3.05) is 26.2 Å². The molecule has 0 radical (unpaired) electrons. The summed E-state index contributed by atoms with van der Waals surface area (Å²) in [5.74, 6) is -0.397. The van der Waals surface area contributed by atoms with Gasteiger partial charge >= 0.3 is 0 Å². The highest BCUT2D eigenvalue weighted by Crippen LogP contribution is 2.27. The number of piperidine rings is 1. The average molecular weight is 395 g/mol. The number of halogens is 2. The van der Waals surface area contributed by atoms with Crippen molar-refractivity contribution in [3.63, 3.8) is 0 Å². The Bertz CT molecular complexity index is 671. The minimum atomic E-state index is -3.52. The number of carbonyl (C=O) groups excluding carboxylic acids is 1. The van der Waals surface area contributed by atoms with Crippen LogP contribution in [0.5, 0.6) is 0 Å². The summed E-state index contributed by atoms with van der Waals surface area (Å²) in [4.78, 5) is 14.0. The lowest BCUT2D eigenvalue weighted by molar-refractivity contribution is -0.132. The highest BCUT2D eigenvalue weighted by molar-refractivity contribution is 7.91. The molecular weight excluding hydrogens is 370 g/mol. The van der Waals surface area contributed by atoms with Gasteiger partial charge in [0.1, 0.15) is 4.21 Å². The number of nitrogens with zero attached hydrogens (tertiary/aromatic N) is 2. The van der Waals surface area contributed by atoms with E-state index in [1.54, 1.807) is 6.07 Å². The number of carbonyl (C=O) groups is 1. The molecule has 1 aliphatic rings. The first-order valence-corrected chi connectivity index (χ1v) is 10.7. The van der Waals surface area contributed by atoms with Gasteiger partial charge in [-0.15, -0.1) is 11.3 Å². The van der Waals surface area contributed by atoms with Gasteiger partial charge < -0.3 is 4.90 Å². The van der Waals surface area contributed by atoms with E-state index in [1.165, 1.54) is 10.4 Å². The maximum absolute atomic E-state index is 12.6. The lowest BCUT2D eigenvalue weighted by Gasteiger charge is -2.25. The quantitative estimate of drug-likeness (QED) is 0.681. The van der Waals surface area contributed by atoms with Crippen LogP contribution in [0.25, 0.3) is 0 Å². The van der Waals surface area contributed by atoms with Gasteiger partial charge in [-0.25, -0.2) is 17.2 Å². The van der Waals surface area contributed by atoms with E-state index in [2.05, 4.69) is 0 Å². The molecule has 0 saturated carbocycles. The van der Waals surface area contributed by atoms with Crippen molar-refractivity contribution < 1.29 is 22.0 Å². The van der Waals surface area contributed by atoms with E-state index in [0.717, 1.165) is 35.5 Å². The number of thiophene rings is 1. The number of amides is 1. The summed E-state index contributed by atoms with van der Waals surface area (Å²) in [5, 5.41) is 0. The fraction of sp³-hybridized carbons (Fsp3) is 0.688. The number of rotatable bonds is 8. The predicted octanol–water partition coefficient (Wildman–Crippen LogP) is 2.97. The van der Waals surface area contributed by atoms with Crippen molar-refractivity contribution in [3.8, 4) is 0 Å². The van der Waals surface area contributed by atoms with Gasteiger partial charge in [0.05, 0.1) is 13.0 Å². The van der Waals surface area contributed by atoms with Crippen LogP contribution in [0.4, 0.5) is 8.78 Å². The van der Waals surface area contributed by atoms with Crippen LogP contribution in [0.15, 0.2) is 16.3 Å². The molecule has 1 aliphatic heterocycles. The first kappa shape index (κ1) is 20.3. The monoisotopic (exact) mass is 394 g/mol. The van der Waals surface area contributed by atoms with E-state index >= 15 is 0 Å². The van der Waals surface area contributed by atoms with Crippen LogP contribution in [-0.2, 0) is 21.2 Å². The third-order valence-corrected chi connectivity index (χ3v) is 7.53. The molecule has 2 heterocycles. The van der Waals surface area contributed by atoms with Crippen molar-refractivity contribution in [2.24, 2.45) is 0 Å². The summed E-state index contributed by atoms with van der Waals surface area (Å²) in [7, 11) is -3.52. The molecule has 2 rings (SSSR count).